The predicted octanol–water partition coefficient (Wildman–Crippen LogP) is 2.42. The molecule has 3 nitrogen and oxygen atoms in total. The summed E-state index contributed by atoms with van der Waals surface area (Å²) in [6.07, 6.45) is 3.84. The number of benzene rings is 1. The van der Waals surface area contributed by atoms with Crippen molar-refractivity contribution in [3.8, 4) is 0 Å². The number of rotatable bonds is 3. The normalized spacial score (nSPS) is 11.3. The molecular weight excluding hydrogens is 248 g/mol. The van der Waals surface area contributed by atoms with Crippen LogP contribution in [0.1, 0.15) is 42.3 Å². The highest BCUT2D eigenvalue weighted by Crippen LogP contribution is 2.24. The molecule has 0 radical (unpaired) electrons. The van der Waals surface area contributed by atoms with Crippen LogP contribution >= 0.6 is 0 Å². The highest BCUT2D eigenvalue weighted by atomic mass is 16.1. The van der Waals surface area contributed by atoms with Crippen molar-refractivity contribution >= 4 is 5.91 Å². The zero-order chi connectivity index (χ0) is 14.8. The number of carbonyl (C=O) groups excluding carboxylic acids is 1. The molecule has 0 aliphatic carbocycles. The quantitative estimate of drug-likeness (QED) is 0.855. The fourth-order valence-corrected chi connectivity index (χ4v) is 2.28. The molecule has 2 rings (SSSR count). The maximum absolute atomic E-state index is 11.7. The monoisotopic (exact) mass is 269 g/mol. The maximum atomic E-state index is 11.7. The summed E-state index contributed by atoms with van der Waals surface area (Å²) < 4.78 is 1.99. The van der Waals surface area contributed by atoms with Gasteiger partial charge in [0.2, 0.25) is 0 Å². The van der Waals surface area contributed by atoms with Crippen molar-refractivity contribution in [3.63, 3.8) is 0 Å². The average molecular weight is 269 g/mol. The minimum atomic E-state index is -0.377. The van der Waals surface area contributed by atoms with E-state index in [0.29, 0.717) is 5.56 Å². The Hall–Kier alpha value is -2.16. The number of hydrogen-bond acceptors (Lipinski definition) is 1. The van der Waals surface area contributed by atoms with Crippen LogP contribution in [0.15, 0.2) is 48.8 Å². The average Bonchev–Trinajstić information content (AvgIpc) is 2.38. The van der Waals surface area contributed by atoms with Crippen molar-refractivity contribution in [1.29, 1.82) is 0 Å². The number of aromatic nitrogens is 1. The maximum Gasteiger partial charge on any atom is 0.255 e. The summed E-state index contributed by atoms with van der Waals surface area (Å²) in [6, 6.07) is 12.1. The smallest absolute Gasteiger partial charge is 0.255 e. The largest absolute Gasteiger partial charge is 0.365 e. The summed E-state index contributed by atoms with van der Waals surface area (Å²) >= 11 is 0. The number of nitrogens with zero attached hydrogens (tertiary/aromatic N) is 1. The topological polar surface area (TPSA) is 47.0 Å². The van der Waals surface area contributed by atoms with Crippen molar-refractivity contribution in [2.24, 2.45) is 5.73 Å². The second-order valence-electron chi connectivity index (χ2n) is 6.04. The Balaban J connectivity index is 2.38. The van der Waals surface area contributed by atoms with Crippen LogP contribution in [-0.4, -0.2) is 5.91 Å². The molecule has 0 saturated carbocycles. The number of primary amides is 1. The Labute approximate surface area is 120 Å². The first-order chi connectivity index (χ1) is 9.38. The van der Waals surface area contributed by atoms with Gasteiger partial charge in [-0.15, -0.1) is 0 Å². The number of carbonyl (C=O) groups is 1. The highest BCUT2D eigenvalue weighted by Gasteiger charge is 2.23. The molecule has 1 amide bonds. The minimum absolute atomic E-state index is 0.101. The molecule has 1 heterocycles. The fraction of sp³-hybridized carbons (Fsp3) is 0.294. The zero-order valence-electron chi connectivity index (χ0n) is 12.3. The highest BCUT2D eigenvalue weighted by molar-refractivity contribution is 5.94. The second-order valence-corrected chi connectivity index (χ2v) is 6.04. The first-order valence-corrected chi connectivity index (χ1v) is 6.75. The lowest BCUT2D eigenvalue weighted by molar-refractivity contribution is -0.688. The third-order valence-corrected chi connectivity index (χ3v) is 3.30. The molecule has 104 valence electrons. The molecule has 20 heavy (non-hydrogen) atoms. The summed E-state index contributed by atoms with van der Waals surface area (Å²) in [5, 5.41) is 0. The van der Waals surface area contributed by atoms with Gasteiger partial charge in [0.15, 0.2) is 18.9 Å². The van der Waals surface area contributed by atoms with Crippen LogP contribution < -0.4 is 10.3 Å². The van der Waals surface area contributed by atoms with Crippen molar-refractivity contribution in [2.75, 3.05) is 0 Å². The molecule has 0 aliphatic rings. The van der Waals surface area contributed by atoms with Crippen molar-refractivity contribution in [3.05, 3.63) is 65.5 Å². The summed E-state index contributed by atoms with van der Waals surface area (Å²) in [5.41, 5.74) is 8.19. The van der Waals surface area contributed by atoms with Gasteiger partial charge in [-0.2, -0.15) is 4.57 Å². The van der Waals surface area contributed by atoms with E-state index in [-0.39, 0.29) is 11.3 Å². The first kappa shape index (κ1) is 14.3. The van der Waals surface area contributed by atoms with E-state index in [0.717, 1.165) is 12.1 Å². The van der Waals surface area contributed by atoms with E-state index >= 15 is 0 Å². The predicted molar refractivity (Wildman–Crippen MR) is 79.4 cm³/mol. The number of amides is 1. The Bertz CT molecular complexity index is 613. The van der Waals surface area contributed by atoms with Crippen molar-refractivity contribution in [2.45, 2.75) is 32.7 Å². The summed E-state index contributed by atoms with van der Waals surface area (Å²) in [5.74, 6) is -0.377. The summed E-state index contributed by atoms with van der Waals surface area (Å²) in [4.78, 5) is 11.7. The van der Waals surface area contributed by atoms with E-state index in [9.17, 15) is 4.79 Å². The van der Waals surface area contributed by atoms with Crippen LogP contribution in [0.25, 0.3) is 0 Å². The van der Waals surface area contributed by atoms with Crippen LogP contribution in [0.2, 0.25) is 0 Å². The van der Waals surface area contributed by atoms with Gasteiger partial charge in [0.05, 0.1) is 0 Å². The van der Waals surface area contributed by atoms with Gasteiger partial charge < -0.3 is 5.73 Å². The molecule has 0 fully saturated rings. The Morgan fingerprint density at radius 2 is 1.80 bits per heavy atom. The van der Waals surface area contributed by atoms with E-state index in [1.165, 1.54) is 5.56 Å². The SMILES string of the molecule is CC(C)(C)c1cc[n+](Cc2ccccc2)cc1C(N)=O. The third-order valence-electron chi connectivity index (χ3n) is 3.30. The van der Waals surface area contributed by atoms with Gasteiger partial charge >= 0.3 is 0 Å². The molecule has 1 aromatic carbocycles. The van der Waals surface area contributed by atoms with E-state index in [4.69, 9.17) is 5.73 Å². The molecule has 1 aromatic heterocycles. The van der Waals surface area contributed by atoms with E-state index < -0.39 is 0 Å². The van der Waals surface area contributed by atoms with Gasteiger partial charge in [0.1, 0.15) is 5.56 Å². The van der Waals surface area contributed by atoms with Crippen LogP contribution in [0.5, 0.6) is 0 Å². The minimum Gasteiger partial charge on any atom is -0.365 e. The lowest BCUT2D eigenvalue weighted by atomic mass is 9.84. The van der Waals surface area contributed by atoms with Gasteiger partial charge in [0.25, 0.3) is 5.91 Å². The molecule has 2 aromatic rings. The number of pyridine rings is 1. The summed E-state index contributed by atoms with van der Waals surface area (Å²) in [6.45, 7) is 6.97. The molecule has 0 atom stereocenters. The molecule has 2 N–H and O–H groups in total. The van der Waals surface area contributed by atoms with Gasteiger partial charge in [-0.3, -0.25) is 4.79 Å². The molecule has 0 unspecified atom stereocenters. The van der Waals surface area contributed by atoms with Gasteiger partial charge in [-0.05, 0) is 11.0 Å². The molecule has 0 bridgehead atoms. The van der Waals surface area contributed by atoms with Gasteiger partial charge in [0, 0.05) is 11.6 Å². The van der Waals surface area contributed by atoms with Crippen LogP contribution in [0, 0.1) is 0 Å². The molecule has 0 spiro atoms. The van der Waals surface area contributed by atoms with Gasteiger partial charge in [-0.25, -0.2) is 0 Å². The molecule has 0 aliphatic heterocycles. The van der Waals surface area contributed by atoms with E-state index in [2.05, 4.69) is 32.9 Å². The molecule has 3 heteroatoms. The Kier molecular flexibility index (Phi) is 3.89. The summed E-state index contributed by atoms with van der Waals surface area (Å²) in [7, 11) is 0. The Morgan fingerprint density at radius 3 is 2.35 bits per heavy atom. The van der Waals surface area contributed by atoms with Crippen molar-refractivity contribution in [1.82, 2.24) is 0 Å². The van der Waals surface area contributed by atoms with Gasteiger partial charge in [-0.1, -0.05) is 51.1 Å². The fourth-order valence-electron chi connectivity index (χ4n) is 2.28. The van der Waals surface area contributed by atoms with Crippen LogP contribution in [0.3, 0.4) is 0 Å². The molecular formula is C17H21N2O+. The van der Waals surface area contributed by atoms with E-state index in [1.54, 1.807) is 0 Å². The van der Waals surface area contributed by atoms with E-state index in [1.807, 2.05) is 41.2 Å². The number of hydrogen-bond donors (Lipinski definition) is 1. The molecule has 0 saturated heterocycles. The Morgan fingerprint density at radius 1 is 1.15 bits per heavy atom. The lowest BCUT2D eigenvalue weighted by Crippen LogP contribution is -2.37. The second kappa shape index (κ2) is 5.45. The van der Waals surface area contributed by atoms with Crippen LogP contribution in [0.4, 0.5) is 0 Å². The van der Waals surface area contributed by atoms with Crippen LogP contribution in [-0.2, 0) is 12.0 Å². The zero-order valence-corrected chi connectivity index (χ0v) is 12.3. The van der Waals surface area contributed by atoms with Crippen molar-refractivity contribution < 1.29 is 9.36 Å². The lowest BCUT2D eigenvalue weighted by Gasteiger charge is -2.20. The third kappa shape index (κ3) is 3.23. The first-order valence-electron chi connectivity index (χ1n) is 6.75. The standard InChI is InChI=1S/C17H20N2O/c1-17(2,3)15-9-10-19(12-14(15)16(18)20)11-13-7-5-4-6-8-13/h4-10,12H,11H2,1-3H3,(H-,18,20)/p+1. The number of nitrogens with two attached hydrogens (primary N) is 1.